The molecule has 0 unspecified atom stereocenters. The molecule has 1 aliphatic carbocycles. The number of aliphatic carboxylic acids is 1. The summed E-state index contributed by atoms with van der Waals surface area (Å²) in [5, 5.41) is 9.36. The fourth-order valence-electron chi connectivity index (χ4n) is 2.56. The topological polar surface area (TPSA) is 83.5 Å². The highest BCUT2D eigenvalue weighted by molar-refractivity contribution is 7.89. The molecule has 1 aromatic carbocycles. The number of nitrogens with one attached hydrogen (secondary N) is 1. The summed E-state index contributed by atoms with van der Waals surface area (Å²) < 4.78 is 27.0. The second-order valence-electron chi connectivity index (χ2n) is 5.17. The van der Waals surface area contributed by atoms with E-state index in [9.17, 15) is 18.3 Å². The Morgan fingerprint density at radius 3 is 2.24 bits per heavy atom. The van der Waals surface area contributed by atoms with Crippen LogP contribution in [0.4, 0.5) is 0 Å². The third-order valence-corrected chi connectivity index (χ3v) is 6.16. The SMILES string of the molecule is O=C(O)C1(CNS(=O)(=O)c2c(Cl)cccc2Cl)CCCC1. The molecule has 1 aromatic rings. The number of rotatable bonds is 5. The zero-order valence-corrected chi connectivity index (χ0v) is 13.4. The average molecular weight is 352 g/mol. The number of benzene rings is 1. The van der Waals surface area contributed by atoms with Crippen molar-refractivity contribution in [3.8, 4) is 0 Å². The van der Waals surface area contributed by atoms with Crippen LogP contribution in [-0.4, -0.2) is 26.0 Å². The van der Waals surface area contributed by atoms with Gasteiger partial charge in [0.2, 0.25) is 10.0 Å². The van der Waals surface area contributed by atoms with E-state index in [0.29, 0.717) is 12.8 Å². The Morgan fingerprint density at radius 1 is 1.24 bits per heavy atom. The lowest BCUT2D eigenvalue weighted by molar-refractivity contribution is -0.148. The van der Waals surface area contributed by atoms with Gasteiger partial charge in [-0.25, -0.2) is 13.1 Å². The van der Waals surface area contributed by atoms with Crippen molar-refractivity contribution in [1.29, 1.82) is 0 Å². The minimum atomic E-state index is -3.96. The lowest BCUT2D eigenvalue weighted by atomic mass is 9.87. The lowest BCUT2D eigenvalue weighted by Gasteiger charge is -2.24. The third kappa shape index (κ3) is 3.34. The molecule has 1 saturated carbocycles. The van der Waals surface area contributed by atoms with Crippen LogP contribution in [0.3, 0.4) is 0 Å². The maximum absolute atomic E-state index is 12.3. The normalized spacial score (nSPS) is 17.8. The van der Waals surface area contributed by atoms with Crippen LogP contribution in [0.1, 0.15) is 25.7 Å². The van der Waals surface area contributed by atoms with Gasteiger partial charge >= 0.3 is 5.97 Å². The highest BCUT2D eigenvalue weighted by Gasteiger charge is 2.42. The van der Waals surface area contributed by atoms with Crippen LogP contribution < -0.4 is 4.72 Å². The van der Waals surface area contributed by atoms with Crippen molar-refractivity contribution >= 4 is 39.2 Å². The van der Waals surface area contributed by atoms with E-state index in [1.807, 2.05) is 0 Å². The molecule has 0 saturated heterocycles. The predicted octanol–water partition coefficient (Wildman–Crippen LogP) is 2.92. The van der Waals surface area contributed by atoms with E-state index in [2.05, 4.69) is 4.72 Å². The first-order chi connectivity index (χ1) is 9.78. The Kier molecular flexibility index (Phi) is 4.82. The second kappa shape index (κ2) is 6.12. The summed E-state index contributed by atoms with van der Waals surface area (Å²) in [6, 6.07) is 4.38. The summed E-state index contributed by atoms with van der Waals surface area (Å²) in [6.45, 7) is -0.160. The fourth-order valence-corrected chi connectivity index (χ4v) is 4.83. The standard InChI is InChI=1S/C13H15Cl2NO4S/c14-9-4-3-5-10(15)11(9)21(19,20)16-8-13(12(17)18)6-1-2-7-13/h3-5,16H,1-2,6-8H2,(H,17,18). The Bertz CT molecular complexity index is 634. The van der Waals surface area contributed by atoms with E-state index < -0.39 is 21.4 Å². The van der Waals surface area contributed by atoms with E-state index in [-0.39, 0.29) is 21.5 Å². The lowest BCUT2D eigenvalue weighted by Crippen LogP contribution is -2.41. The first kappa shape index (κ1) is 16.5. The van der Waals surface area contributed by atoms with Crippen molar-refractivity contribution in [1.82, 2.24) is 4.72 Å². The number of halogens is 2. The van der Waals surface area contributed by atoms with Gasteiger partial charge < -0.3 is 5.11 Å². The largest absolute Gasteiger partial charge is 0.481 e. The van der Waals surface area contributed by atoms with Gasteiger partial charge in [-0.1, -0.05) is 42.1 Å². The van der Waals surface area contributed by atoms with E-state index in [0.717, 1.165) is 12.8 Å². The molecule has 0 spiro atoms. The minimum Gasteiger partial charge on any atom is -0.481 e. The quantitative estimate of drug-likeness (QED) is 0.854. The molecule has 2 N–H and O–H groups in total. The van der Waals surface area contributed by atoms with Gasteiger partial charge in [0.1, 0.15) is 4.90 Å². The number of carboxylic acid groups (broad SMARTS) is 1. The van der Waals surface area contributed by atoms with Gasteiger partial charge in [-0.2, -0.15) is 0 Å². The summed E-state index contributed by atoms with van der Waals surface area (Å²) in [7, 11) is -3.96. The number of carboxylic acids is 1. The van der Waals surface area contributed by atoms with Gasteiger partial charge in [0.15, 0.2) is 0 Å². The molecule has 21 heavy (non-hydrogen) atoms. The first-order valence-corrected chi connectivity index (χ1v) is 8.69. The first-order valence-electron chi connectivity index (χ1n) is 6.46. The highest BCUT2D eigenvalue weighted by Crippen LogP contribution is 2.38. The number of hydrogen-bond donors (Lipinski definition) is 2. The van der Waals surface area contributed by atoms with Crippen LogP contribution in [0.25, 0.3) is 0 Å². The van der Waals surface area contributed by atoms with Crippen LogP contribution in [0.2, 0.25) is 10.0 Å². The van der Waals surface area contributed by atoms with Crippen LogP contribution in [0, 0.1) is 5.41 Å². The van der Waals surface area contributed by atoms with Gasteiger partial charge in [-0.05, 0) is 25.0 Å². The molecule has 116 valence electrons. The minimum absolute atomic E-state index is 0.00537. The van der Waals surface area contributed by atoms with Crippen LogP contribution in [0.15, 0.2) is 23.1 Å². The summed E-state index contributed by atoms with van der Waals surface area (Å²) in [4.78, 5) is 11.2. The molecule has 8 heteroatoms. The summed E-state index contributed by atoms with van der Waals surface area (Å²) >= 11 is 11.8. The van der Waals surface area contributed by atoms with E-state index in [1.165, 1.54) is 12.1 Å². The van der Waals surface area contributed by atoms with E-state index in [1.54, 1.807) is 6.07 Å². The highest BCUT2D eigenvalue weighted by atomic mass is 35.5. The Labute approximate surface area is 133 Å². The maximum atomic E-state index is 12.3. The Morgan fingerprint density at radius 2 is 1.76 bits per heavy atom. The summed E-state index contributed by atoms with van der Waals surface area (Å²) in [6.07, 6.45) is 2.48. The predicted molar refractivity (Wildman–Crippen MR) is 80.2 cm³/mol. The Balaban J connectivity index is 2.24. The third-order valence-electron chi connectivity index (χ3n) is 3.80. The van der Waals surface area contributed by atoms with Crippen molar-refractivity contribution in [3.05, 3.63) is 28.2 Å². The van der Waals surface area contributed by atoms with Crippen molar-refractivity contribution in [2.45, 2.75) is 30.6 Å². The zero-order chi connectivity index (χ0) is 15.7. The number of sulfonamides is 1. The maximum Gasteiger partial charge on any atom is 0.310 e. The Hall–Kier alpha value is -0.820. The molecular weight excluding hydrogens is 337 g/mol. The summed E-state index contributed by atoms with van der Waals surface area (Å²) in [5.74, 6) is -0.979. The van der Waals surface area contributed by atoms with Crippen molar-refractivity contribution in [3.63, 3.8) is 0 Å². The molecule has 1 fully saturated rings. The molecule has 5 nitrogen and oxygen atoms in total. The molecule has 0 aromatic heterocycles. The second-order valence-corrected chi connectivity index (χ2v) is 7.69. The van der Waals surface area contributed by atoms with Gasteiger partial charge in [0, 0.05) is 6.54 Å². The van der Waals surface area contributed by atoms with Gasteiger partial charge in [-0.15, -0.1) is 0 Å². The van der Waals surface area contributed by atoms with Crippen molar-refractivity contribution < 1.29 is 18.3 Å². The number of carbonyl (C=O) groups is 1. The monoisotopic (exact) mass is 351 g/mol. The molecule has 0 aliphatic heterocycles. The molecule has 0 radical (unpaired) electrons. The van der Waals surface area contributed by atoms with Crippen molar-refractivity contribution in [2.24, 2.45) is 5.41 Å². The molecule has 0 bridgehead atoms. The smallest absolute Gasteiger partial charge is 0.310 e. The van der Waals surface area contributed by atoms with Gasteiger partial charge in [0.05, 0.1) is 15.5 Å². The number of hydrogen-bond acceptors (Lipinski definition) is 3. The summed E-state index contributed by atoms with van der Waals surface area (Å²) in [5.41, 5.74) is -1.04. The van der Waals surface area contributed by atoms with Gasteiger partial charge in [0.25, 0.3) is 0 Å². The van der Waals surface area contributed by atoms with Gasteiger partial charge in [-0.3, -0.25) is 4.79 Å². The van der Waals surface area contributed by atoms with Crippen LogP contribution in [0.5, 0.6) is 0 Å². The average Bonchev–Trinajstić information content (AvgIpc) is 2.86. The van der Waals surface area contributed by atoms with E-state index in [4.69, 9.17) is 23.2 Å². The van der Waals surface area contributed by atoms with Crippen molar-refractivity contribution in [2.75, 3.05) is 6.54 Å². The van der Waals surface area contributed by atoms with E-state index >= 15 is 0 Å². The zero-order valence-electron chi connectivity index (χ0n) is 11.1. The molecule has 0 atom stereocenters. The molecule has 0 heterocycles. The molecular formula is C13H15Cl2NO4S. The molecule has 0 amide bonds. The fraction of sp³-hybridized carbons (Fsp3) is 0.462. The molecule has 1 aliphatic rings. The molecule has 2 rings (SSSR count). The van der Waals surface area contributed by atoms with Crippen LogP contribution >= 0.6 is 23.2 Å². The van der Waals surface area contributed by atoms with Crippen LogP contribution in [-0.2, 0) is 14.8 Å².